The van der Waals surface area contributed by atoms with Gasteiger partial charge in [-0.05, 0) is 96.1 Å². The molecule has 2 aromatic carbocycles. The van der Waals surface area contributed by atoms with Crippen LogP contribution in [0.15, 0.2) is 47.3 Å². The van der Waals surface area contributed by atoms with Crippen LogP contribution in [0.4, 0.5) is 5.69 Å². The predicted molar refractivity (Wildman–Crippen MR) is 148 cm³/mol. The van der Waals surface area contributed by atoms with Crippen LogP contribution in [0.1, 0.15) is 60.3 Å². The van der Waals surface area contributed by atoms with Gasteiger partial charge in [0.2, 0.25) is 0 Å². The van der Waals surface area contributed by atoms with Crippen molar-refractivity contribution in [2.45, 2.75) is 51.6 Å². The Balaban J connectivity index is 1.37. The first-order valence-electron chi connectivity index (χ1n) is 13.6. The van der Waals surface area contributed by atoms with Gasteiger partial charge in [-0.25, -0.2) is 4.68 Å². The summed E-state index contributed by atoms with van der Waals surface area (Å²) < 4.78 is 7.32. The third-order valence-corrected chi connectivity index (χ3v) is 8.33. The number of rotatable bonds is 6. The van der Waals surface area contributed by atoms with Crippen LogP contribution in [-0.4, -0.2) is 63.4 Å². The Morgan fingerprint density at radius 2 is 1.68 bits per heavy atom. The van der Waals surface area contributed by atoms with Gasteiger partial charge in [-0.1, -0.05) is 12.8 Å². The van der Waals surface area contributed by atoms with E-state index in [2.05, 4.69) is 74.5 Å². The van der Waals surface area contributed by atoms with Gasteiger partial charge in [-0.2, -0.15) is 0 Å². The largest absolute Gasteiger partial charge is 0.497 e. The van der Waals surface area contributed by atoms with Crippen molar-refractivity contribution in [3.8, 4) is 5.75 Å². The number of methoxy groups -OCH3 is 1. The topological polar surface area (TPSA) is 92.2 Å². The molecule has 1 saturated carbocycles. The Hall–Kier alpha value is -3.72. The summed E-state index contributed by atoms with van der Waals surface area (Å²) in [6.07, 6.45) is 4.51. The molecule has 0 radical (unpaired) electrons. The Bertz CT molecular complexity index is 1480. The number of nitrogens with zero attached hydrogens (tertiary/aromatic N) is 6. The van der Waals surface area contributed by atoms with Crippen molar-refractivity contribution in [1.82, 2.24) is 30.1 Å². The summed E-state index contributed by atoms with van der Waals surface area (Å²) in [6.45, 7) is 7.45. The van der Waals surface area contributed by atoms with Crippen molar-refractivity contribution in [3.63, 3.8) is 0 Å². The second kappa shape index (κ2) is 10.2. The summed E-state index contributed by atoms with van der Waals surface area (Å²) in [4.78, 5) is 21.5. The lowest BCUT2D eigenvalue weighted by Crippen LogP contribution is -2.49. The lowest BCUT2D eigenvalue weighted by atomic mass is 10.00. The molecule has 1 atom stereocenters. The number of H-pyrrole nitrogens is 1. The second-order valence-corrected chi connectivity index (χ2v) is 10.6. The summed E-state index contributed by atoms with van der Waals surface area (Å²) in [5, 5.41) is 14.1. The van der Waals surface area contributed by atoms with Crippen molar-refractivity contribution in [2.24, 2.45) is 0 Å². The van der Waals surface area contributed by atoms with Gasteiger partial charge < -0.3 is 14.6 Å². The van der Waals surface area contributed by atoms with Gasteiger partial charge in [0.05, 0.1) is 13.2 Å². The Morgan fingerprint density at radius 1 is 0.974 bits per heavy atom. The number of hydrogen-bond donors (Lipinski definition) is 1. The number of ether oxygens (including phenoxy) is 1. The van der Waals surface area contributed by atoms with E-state index in [0.717, 1.165) is 67.1 Å². The first kappa shape index (κ1) is 24.6. The van der Waals surface area contributed by atoms with Crippen LogP contribution in [0.2, 0.25) is 0 Å². The molecule has 6 rings (SSSR count). The zero-order valence-electron chi connectivity index (χ0n) is 22.4. The highest BCUT2D eigenvalue weighted by atomic mass is 16.5. The van der Waals surface area contributed by atoms with Crippen LogP contribution in [0.3, 0.4) is 0 Å². The normalized spacial score (nSPS) is 17.8. The van der Waals surface area contributed by atoms with E-state index in [1.807, 2.05) is 16.8 Å². The molecule has 2 aliphatic rings. The second-order valence-electron chi connectivity index (χ2n) is 10.6. The van der Waals surface area contributed by atoms with Crippen LogP contribution in [0.5, 0.6) is 5.75 Å². The molecule has 1 aliphatic heterocycles. The molecule has 1 N–H and O–H groups in total. The van der Waals surface area contributed by atoms with Crippen LogP contribution in [0, 0.1) is 13.8 Å². The molecule has 3 heterocycles. The molecule has 0 bridgehead atoms. The highest BCUT2D eigenvalue weighted by molar-refractivity contribution is 5.81. The standard InChI is InChI=1S/C29H35N7O2/c1-19-16-21-18-25(29(37)30-26(21)17-20(19)2)27(28-31-32-33-36(28)23-6-4-5-7-23)35-14-12-34(13-15-35)22-8-10-24(38-3)11-9-22/h8-11,16-18,23,27H,4-7,12-15H2,1-3H3,(H,30,37)/t27-/m1/s1. The lowest BCUT2D eigenvalue weighted by molar-refractivity contribution is 0.197. The zero-order chi connectivity index (χ0) is 26.2. The van der Waals surface area contributed by atoms with Crippen LogP contribution < -0.4 is 15.2 Å². The molecule has 1 saturated heterocycles. The van der Waals surface area contributed by atoms with Crippen LogP contribution >= 0.6 is 0 Å². The predicted octanol–water partition coefficient (Wildman–Crippen LogP) is 4.17. The van der Waals surface area contributed by atoms with Crippen molar-refractivity contribution in [3.05, 3.63) is 75.3 Å². The van der Waals surface area contributed by atoms with Crippen LogP contribution in [-0.2, 0) is 0 Å². The molecular weight excluding hydrogens is 478 g/mol. The fraction of sp³-hybridized carbons (Fsp3) is 0.448. The maximum absolute atomic E-state index is 13.6. The van der Waals surface area contributed by atoms with Crippen LogP contribution in [0.25, 0.3) is 10.9 Å². The molecular formula is C29H35N7O2. The smallest absolute Gasteiger partial charge is 0.253 e. The summed E-state index contributed by atoms with van der Waals surface area (Å²) in [5.41, 5.74) is 5.03. The van der Waals surface area contributed by atoms with E-state index in [9.17, 15) is 4.79 Å². The number of anilines is 1. The highest BCUT2D eigenvalue weighted by Gasteiger charge is 2.34. The number of pyridine rings is 1. The number of aromatic amines is 1. The van der Waals surface area contributed by atoms with Crippen molar-refractivity contribution < 1.29 is 4.74 Å². The molecule has 9 heteroatoms. The van der Waals surface area contributed by atoms with Gasteiger partial charge in [0.25, 0.3) is 5.56 Å². The van der Waals surface area contributed by atoms with Gasteiger partial charge >= 0.3 is 0 Å². The minimum absolute atomic E-state index is 0.0793. The molecule has 4 aromatic rings. The third kappa shape index (κ3) is 4.55. The molecule has 2 fully saturated rings. The number of nitrogens with one attached hydrogen (secondary N) is 1. The van der Waals surface area contributed by atoms with E-state index in [1.165, 1.54) is 24.1 Å². The summed E-state index contributed by atoms with van der Waals surface area (Å²) >= 11 is 0. The van der Waals surface area contributed by atoms with E-state index in [-0.39, 0.29) is 17.6 Å². The average molecular weight is 514 g/mol. The Morgan fingerprint density at radius 3 is 2.39 bits per heavy atom. The number of hydrogen-bond acceptors (Lipinski definition) is 7. The first-order chi connectivity index (χ1) is 18.5. The fourth-order valence-electron chi connectivity index (χ4n) is 6.02. The molecule has 2 aromatic heterocycles. The fourth-order valence-corrected chi connectivity index (χ4v) is 6.02. The van der Waals surface area contributed by atoms with Gasteiger partial charge in [0, 0.05) is 42.9 Å². The maximum Gasteiger partial charge on any atom is 0.253 e. The molecule has 0 unspecified atom stereocenters. The number of piperazine rings is 1. The minimum atomic E-state index is -0.321. The Labute approximate surface area is 222 Å². The maximum atomic E-state index is 13.6. The number of tetrazole rings is 1. The average Bonchev–Trinajstić information content (AvgIpc) is 3.63. The minimum Gasteiger partial charge on any atom is -0.497 e. The van der Waals surface area contributed by atoms with E-state index in [4.69, 9.17) is 4.74 Å². The highest BCUT2D eigenvalue weighted by Crippen LogP contribution is 2.34. The lowest BCUT2D eigenvalue weighted by Gasteiger charge is -2.39. The van der Waals surface area contributed by atoms with E-state index in [1.54, 1.807) is 7.11 Å². The van der Waals surface area contributed by atoms with Gasteiger partial charge in [0.1, 0.15) is 11.8 Å². The number of aromatic nitrogens is 5. The number of fused-ring (bicyclic) bond motifs is 1. The Kier molecular flexibility index (Phi) is 6.61. The summed E-state index contributed by atoms with van der Waals surface area (Å²) in [7, 11) is 1.68. The number of benzene rings is 2. The molecule has 9 nitrogen and oxygen atoms in total. The van der Waals surface area contributed by atoms with Crippen molar-refractivity contribution >= 4 is 16.6 Å². The monoisotopic (exact) mass is 513 g/mol. The SMILES string of the molecule is COc1ccc(N2CCN([C@H](c3cc4cc(C)c(C)cc4[nH]c3=O)c3nnnn3C3CCCC3)CC2)cc1. The van der Waals surface area contributed by atoms with Gasteiger partial charge in [-0.3, -0.25) is 9.69 Å². The van der Waals surface area contributed by atoms with Gasteiger partial charge in [0.15, 0.2) is 5.82 Å². The van der Waals surface area contributed by atoms with Gasteiger partial charge in [-0.15, -0.1) is 5.10 Å². The zero-order valence-corrected chi connectivity index (χ0v) is 22.4. The molecule has 0 amide bonds. The third-order valence-electron chi connectivity index (χ3n) is 8.33. The molecule has 38 heavy (non-hydrogen) atoms. The summed E-state index contributed by atoms with van der Waals surface area (Å²) in [5.74, 6) is 1.62. The quantitative estimate of drug-likeness (QED) is 0.414. The molecule has 198 valence electrons. The van der Waals surface area contributed by atoms with E-state index < -0.39 is 0 Å². The number of aryl methyl sites for hydroxylation is 2. The van der Waals surface area contributed by atoms with Crippen molar-refractivity contribution in [2.75, 3.05) is 38.2 Å². The molecule has 0 spiro atoms. The van der Waals surface area contributed by atoms with E-state index in [0.29, 0.717) is 5.56 Å². The van der Waals surface area contributed by atoms with E-state index >= 15 is 0 Å². The summed E-state index contributed by atoms with van der Waals surface area (Å²) in [6, 6.07) is 14.4. The first-order valence-corrected chi connectivity index (χ1v) is 13.6. The van der Waals surface area contributed by atoms with Crippen molar-refractivity contribution in [1.29, 1.82) is 0 Å². The molecule has 1 aliphatic carbocycles.